The molecule has 0 bridgehead atoms. The van der Waals surface area contributed by atoms with Gasteiger partial charge >= 0.3 is 6.03 Å². The Bertz CT molecular complexity index is 834. The number of imide groups is 1. The molecular formula is C18H18ClN3O3S. The summed E-state index contributed by atoms with van der Waals surface area (Å²) in [4.78, 5) is 38.5. The lowest BCUT2D eigenvalue weighted by molar-refractivity contribution is -0.125. The molecule has 4 amide bonds. The second-order valence-electron chi connectivity index (χ2n) is 6.02. The second-order valence-corrected chi connectivity index (χ2v) is 7.57. The summed E-state index contributed by atoms with van der Waals surface area (Å²) in [5, 5.41) is 5.79. The van der Waals surface area contributed by atoms with Gasteiger partial charge in [-0.2, -0.15) is 0 Å². The first-order chi connectivity index (χ1) is 12.4. The van der Waals surface area contributed by atoms with Crippen molar-refractivity contribution in [2.45, 2.75) is 19.4 Å². The summed E-state index contributed by atoms with van der Waals surface area (Å²) in [5.74, 6) is -0.572. The molecule has 1 aromatic heterocycles. The molecule has 1 aliphatic heterocycles. The molecule has 0 spiro atoms. The third-order valence-corrected chi connectivity index (χ3v) is 5.61. The first-order valence-electron chi connectivity index (χ1n) is 8.16. The van der Waals surface area contributed by atoms with Crippen LogP contribution in [0, 0.1) is 0 Å². The zero-order valence-corrected chi connectivity index (χ0v) is 15.7. The maximum atomic E-state index is 12.2. The Labute approximate surface area is 160 Å². The monoisotopic (exact) mass is 391 g/mol. The lowest BCUT2D eigenvalue weighted by atomic mass is 10.2. The number of amides is 4. The Kier molecular flexibility index (Phi) is 5.58. The Balaban J connectivity index is 1.58. The maximum Gasteiger partial charge on any atom is 0.324 e. The van der Waals surface area contributed by atoms with Gasteiger partial charge in [0.25, 0.3) is 0 Å². The molecule has 2 N–H and O–H groups in total. The smallest absolute Gasteiger partial charge is 0.324 e. The van der Waals surface area contributed by atoms with Crippen LogP contribution in [0.1, 0.15) is 24.3 Å². The normalized spacial score (nSPS) is 15.5. The van der Waals surface area contributed by atoms with Gasteiger partial charge in [-0.05, 0) is 36.8 Å². The van der Waals surface area contributed by atoms with Crippen molar-refractivity contribution in [3.63, 3.8) is 0 Å². The number of nitrogens with one attached hydrogen (secondary N) is 2. The van der Waals surface area contributed by atoms with E-state index in [9.17, 15) is 14.4 Å². The number of nitrogens with zero attached hydrogens (tertiary/aromatic N) is 1. The van der Waals surface area contributed by atoms with Crippen LogP contribution in [-0.4, -0.2) is 35.8 Å². The van der Waals surface area contributed by atoms with Crippen LogP contribution in [0.4, 0.5) is 4.79 Å². The van der Waals surface area contributed by atoms with Crippen molar-refractivity contribution in [3.8, 4) is 10.4 Å². The molecule has 2 heterocycles. The first kappa shape index (κ1) is 18.4. The minimum absolute atomic E-state index is 0.0706. The average Bonchev–Trinajstić information content (AvgIpc) is 3.08. The Morgan fingerprint density at radius 1 is 1.27 bits per heavy atom. The Morgan fingerprint density at radius 2 is 2.00 bits per heavy atom. The SMILES string of the molecule is CC(NC(=O)CN1CCC(=O)NC1=O)c1ccc(-c2ccc(Cl)cc2)s1. The van der Waals surface area contributed by atoms with Gasteiger partial charge in [-0.25, -0.2) is 4.79 Å². The van der Waals surface area contributed by atoms with Crippen molar-refractivity contribution in [2.24, 2.45) is 0 Å². The molecule has 1 aliphatic rings. The number of halogens is 1. The fourth-order valence-corrected chi connectivity index (χ4v) is 3.78. The van der Waals surface area contributed by atoms with E-state index in [-0.39, 0.29) is 37.4 Å². The Morgan fingerprint density at radius 3 is 2.69 bits per heavy atom. The van der Waals surface area contributed by atoms with Crippen molar-refractivity contribution >= 4 is 40.8 Å². The number of carbonyl (C=O) groups excluding carboxylic acids is 3. The second kappa shape index (κ2) is 7.88. The van der Waals surface area contributed by atoms with E-state index in [1.54, 1.807) is 11.3 Å². The van der Waals surface area contributed by atoms with Crippen LogP contribution >= 0.6 is 22.9 Å². The fraction of sp³-hybridized carbons (Fsp3) is 0.278. The summed E-state index contributed by atoms with van der Waals surface area (Å²) < 4.78 is 0. The molecule has 3 rings (SSSR count). The van der Waals surface area contributed by atoms with Gasteiger partial charge in [-0.1, -0.05) is 23.7 Å². The van der Waals surface area contributed by atoms with Gasteiger partial charge in [0.1, 0.15) is 6.54 Å². The minimum atomic E-state index is -0.523. The molecule has 1 unspecified atom stereocenters. The lowest BCUT2D eigenvalue weighted by Gasteiger charge is -2.26. The molecular weight excluding hydrogens is 374 g/mol. The van der Waals surface area contributed by atoms with E-state index < -0.39 is 6.03 Å². The molecule has 1 saturated heterocycles. The summed E-state index contributed by atoms with van der Waals surface area (Å²) in [6, 6.07) is 10.9. The number of benzene rings is 1. The third-order valence-electron chi connectivity index (χ3n) is 4.04. The topological polar surface area (TPSA) is 78.5 Å². The van der Waals surface area contributed by atoms with Gasteiger partial charge in [0.05, 0.1) is 6.04 Å². The van der Waals surface area contributed by atoms with E-state index in [2.05, 4.69) is 10.6 Å². The molecule has 136 valence electrons. The van der Waals surface area contributed by atoms with Crippen LogP contribution in [0.2, 0.25) is 5.02 Å². The van der Waals surface area contributed by atoms with Crippen LogP contribution in [0.5, 0.6) is 0 Å². The molecule has 2 aromatic rings. The molecule has 0 radical (unpaired) electrons. The van der Waals surface area contributed by atoms with Crippen molar-refractivity contribution in [1.29, 1.82) is 0 Å². The van der Waals surface area contributed by atoms with Gasteiger partial charge in [0, 0.05) is 27.7 Å². The number of thiophene rings is 1. The quantitative estimate of drug-likeness (QED) is 0.821. The van der Waals surface area contributed by atoms with E-state index in [0.717, 1.165) is 15.3 Å². The van der Waals surface area contributed by atoms with Crippen molar-refractivity contribution < 1.29 is 14.4 Å². The van der Waals surface area contributed by atoms with E-state index >= 15 is 0 Å². The highest BCUT2D eigenvalue weighted by molar-refractivity contribution is 7.15. The highest BCUT2D eigenvalue weighted by Gasteiger charge is 2.25. The molecule has 26 heavy (non-hydrogen) atoms. The lowest BCUT2D eigenvalue weighted by Crippen LogP contribution is -2.52. The van der Waals surface area contributed by atoms with Gasteiger partial charge < -0.3 is 10.2 Å². The van der Waals surface area contributed by atoms with Crippen molar-refractivity contribution in [2.75, 3.05) is 13.1 Å². The Hall–Kier alpha value is -2.38. The number of carbonyl (C=O) groups is 3. The highest BCUT2D eigenvalue weighted by Crippen LogP contribution is 2.31. The molecule has 1 fully saturated rings. The summed E-state index contributed by atoms with van der Waals surface area (Å²) in [5.41, 5.74) is 1.07. The molecule has 0 saturated carbocycles. The maximum absolute atomic E-state index is 12.2. The third kappa shape index (κ3) is 4.42. The van der Waals surface area contributed by atoms with Crippen LogP contribution in [-0.2, 0) is 9.59 Å². The highest BCUT2D eigenvalue weighted by atomic mass is 35.5. The number of hydrogen-bond acceptors (Lipinski definition) is 4. The molecule has 1 aromatic carbocycles. The molecule has 6 nitrogen and oxygen atoms in total. The van der Waals surface area contributed by atoms with Crippen LogP contribution in [0.15, 0.2) is 36.4 Å². The largest absolute Gasteiger partial charge is 0.347 e. The predicted molar refractivity (Wildman–Crippen MR) is 101 cm³/mol. The zero-order valence-electron chi connectivity index (χ0n) is 14.1. The number of rotatable bonds is 5. The van der Waals surface area contributed by atoms with Crippen LogP contribution < -0.4 is 10.6 Å². The summed E-state index contributed by atoms with van der Waals surface area (Å²) >= 11 is 7.51. The molecule has 1 atom stereocenters. The van der Waals surface area contributed by atoms with Gasteiger partial charge in [-0.15, -0.1) is 11.3 Å². The van der Waals surface area contributed by atoms with E-state index in [0.29, 0.717) is 5.02 Å². The van der Waals surface area contributed by atoms with E-state index in [1.165, 1.54) is 4.90 Å². The number of urea groups is 1. The number of hydrogen-bond donors (Lipinski definition) is 2. The van der Waals surface area contributed by atoms with Crippen LogP contribution in [0.25, 0.3) is 10.4 Å². The summed E-state index contributed by atoms with van der Waals surface area (Å²) in [6.07, 6.45) is 0.212. The fourth-order valence-electron chi connectivity index (χ4n) is 2.64. The van der Waals surface area contributed by atoms with Crippen molar-refractivity contribution in [3.05, 3.63) is 46.3 Å². The van der Waals surface area contributed by atoms with Crippen LogP contribution in [0.3, 0.4) is 0 Å². The van der Waals surface area contributed by atoms with Gasteiger partial charge in [0.15, 0.2) is 0 Å². The molecule has 0 aliphatic carbocycles. The predicted octanol–water partition coefficient (Wildman–Crippen LogP) is 3.19. The zero-order chi connectivity index (χ0) is 18.7. The van der Waals surface area contributed by atoms with Gasteiger partial charge in [-0.3, -0.25) is 14.9 Å². The van der Waals surface area contributed by atoms with Crippen molar-refractivity contribution in [1.82, 2.24) is 15.5 Å². The minimum Gasteiger partial charge on any atom is -0.347 e. The van der Waals surface area contributed by atoms with Gasteiger partial charge in [0.2, 0.25) is 11.8 Å². The summed E-state index contributed by atoms with van der Waals surface area (Å²) in [7, 11) is 0. The van der Waals surface area contributed by atoms with E-state index in [4.69, 9.17) is 11.6 Å². The van der Waals surface area contributed by atoms with E-state index in [1.807, 2.05) is 43.3 Å². The standard InChI is InChI=1S/C18H18ClN3O3S/c1-11(20-17(24)10-22-9-8-16(23)21-18(22)25)14-6-7-15(26-14)12-2-4-13(19)5-3-12/h2-7,11H,8-10H2,1H3,(H,20,24)(H,21,23,25). The molecule has 8 heteroatoms. The summed E-state index contributed by atoms with van der Waals surface area (Å²) in [6.45, 7) is 2.08. The first-order valence-corrected chi connectivity index (χ1v) is 9.35. The average molecular weight is 392 g/mol.